The maximum Gasteiger partial charge on any atom is 0.147 e. The second-order valence-corrected chi connectivity index (χ2v) is 6.94. The van der Waals surface area contributed by atoms with Gasteiger partial charge in [-0.2, -0.15) is 0 Å². The first kappa shape index (κ1) is 14.9. The van der Waals surface area contributed by atoms with E-state index in [0.29, 0.717) is 19.3 Å². The van der Waals surface area contributed by atoms with Gasteiger partial charge < -0.3 is 15.4 Å². The largest absolute Gasteiger partial charge is 0.377 e. The molecule has 1 heterocycles. The van der Waals surface area contributed by atoms with Crippen molar-refractivity contribution in [2.45, 2.75) is 25.4 Å². The molecule has 17 heavy (non-hydrogen) atoms. The minimum absolute atomic E-state index is 0.288. The van der Waals surface area contributed by atoms with E-state index in [0.717, 1.165) is 38.9 Å². The second kappa shape index (κ2) is 7.31. The summed E-state index contributed by atoms with van der Waals surface area (Å²) in [6.45, 7) is 4.09. The summed E-state index contributed by atoms with van der Waals surface area (Å²) in [7, 11) is -2.81. The average molecular weight is 264 g/mol. The molecule has 0 aromatic carbocycles. The van der Waals surface area contributed by atoms with Crippen LogP contribution >= 0.6 is 0 Å². The molecule has 0 aliphatic carbocycles. The van der Waals surface area contributed by atoms with Crippen LogP contribution in [0.15, 0.2) is 0 Å². The van der Waals surface area contributed by atoms with Crippen molar-refractivity contribution in [2.24, 2.45) is 5.73 Å². The molecule has 102 valence electrons. The van der Waals surface area contributed by atoms with Gasteiger partial charge in [0.05, 0.1) is 18.5 Å². The average Bonchev–Trinajstić information content (AvgIpc) is 2.26. The SMILES string of the molecule is CS(=O)(=O)CCCN1CCC(OCCN)CC1. The monoisotopic (exact) mass is 264 g/mol. The fraction of sp³-hybridized carbons (Fsp3) is 1.00. The molecular formula is C11H24N2O3S. The lowest BCUT2D eigenvalue weighted by Crippen LogP contribution is -2.38. The van der Waals surface area contributed by atoms with Crippen LogP contribution in [-0.4, -0.2) is 64.2 Å². The molecule has 0 atom stereocenters. The first-order valence-electron chi connectivity index (χ1n) is 6.23. The summed E-state index contributed by atoms with van der Waals surface area (Å²) in [5.74, 6) is 0.288. The Morgan fingerprint density at radius 3 is 2.53 bits per heavy atom. The zero-order valence-corrected chi connectivity index (χ0v) is 11.4. The van der Waals surface area contributed by atoms with Gasteiger partial charge >= 0.3 is 0 Å². The predicted octanol–water partition coefficient (Wildman–Crippen LogP) is -0.139. The van der Waals surface area contributed by atoms with Crippen LogP contribution in [0.4, 0.5) is 0 Å². The summed E-state index contributed by atoms with van der Waals surface area (Å²) in [5.41, 5.74) is 5.39. The van der Waals surface area contributed by atoms with Gasteiger partial charge in [0, 0.05) is 25.9 Å². The normalized spacial score (nSPS) is 19.6. The number of ether oxygens (including phenoxy) is 1. The maximum atomic E-state index is 11.0. The minimum Gasteiger partial charge on any atom is -0.377 e. The highest BCUT2D eigenvalue weighted by Crippen LogP contribution is 2.13. The Labute approximate surface area is 104 Å². The molecule has 6 heteroatoms. The van der Waals surface area contributed by atoms with Crippen LogP contribution in [-0.2, 0) is 14.6 Å². The van der Waals surface area contributed by atoms with Gasteiger partial charge in [-0.25, -0.2) is 8.42 Å². The molecule has 1 aliphatic heterocycles. The molecule has 1 saturated heterocycles. The molecule has 2 N–H and O–H groups in total. The first-order chi connectivity index (χ1) is 8.01. The van der Waals surface area contributed by atoms with E-state index in [9.17, 15) is 8.42 Å². The molecule has 5 nitrogen and oxygen atoms in total. The van der Waals surface area contributed by atoms with Crippen molar-refractivity contribution in [3.8, 4) is 0 Å². The van der Waals surface area contributed by atoms with Crippen LogP contribution in [0.1, 0.15) is 19.3 Å². The Hall–Kier alpha value is -0.170. The highest BCUT2D eigenvalue weighted by molar-refractivity contribution is 7.90. The van der Waals surface area contributed by atoms with Crippen LogP contribution in [0, 0.1) is 0 Å². The molecule has 0 saturated carbocycles. The van der Waals surface area contributed by atoms with E-state index in [4.69, 9.17) is 10.5 Å². The lowest BCUT2D eigenvalue weighted by Gasteiger charge is -2.31. The fourth-order valence-corrected chi connectivity index (χ4v) is 2.74. The molecule has 0 amide bonds. The summed E-state index contributed by atoms with van der Waals surface area (Å²) >= 11 is 0. The van der Waals surface area contributed by atoms with E-state index >= 15 is 0 Å². The number of sulfone groups is 1. The first-order valence-corrected chi connectivity index (χ1v) is 8.29. The smallest absolute Gasteiger partial charge is 0.147 e. The summed E-state index contributed by atoms with van der Waals surface area (Å²) in [5, 5.41) is 0. The van der Waals surface area contributed by atoms with Crippen molar-refractivity contribution in [1.29, 1.82) is 0 Å². The molecule has 1 rings (SSSR count). The third kappa shape index (κ3) is 6.98. The zero-order chi connectivity index (χ0) is 12.7. The van der Waals surface area contributed by atoms with Crippen molar-refractivity contribution >= 4 is 9.84 Å². The van der Waals surface area contributed by atoms with Gasteiger partial charge in [-0.15, -0.1) is 0 Å². The van der Waals surface area contributed by atoms with Gasteiger partial charge in [0.1, 0.15) is 9.84 Å². The Morgan fingerprint density at radius 1 is 1.35 bits per heavy atom. The standard InChI is InChI=1S/C11H24N2O3S/c1-17(14,15)10-2-6-13-7-3-11(4-8-13)16-9-5-12/h11H,2-10,12H2,1H3. The van der Waals surface area contributed by atoms with Gasteiger partial charge in [0.2, 0.25) is 0 Å². The summed E-state index contributed by atoms with van der Waals surface area (Å²) < 4.78 is 27.6. The van der Waals surface area contributed by atoms with E-state index < -0.39 is 9.84 Å². The van der Waals surface area contributed by atoms with Gasteiger partial charge in [0.15, 0.2) is 0 Å². The molecular weight excluding hydrogens is 240 g/mol. The van der Waals surface area contributed by atoms with Gasteiger partial charge in [-0.1, -0.05) is 0 Å². The molecule has 0 unspecified atom stereocenters. The lowest BCUT2D eigenvalue weighted by atomic mass is 10.1. The van der Waals surface area contributed by atoms with E-state index in [2.05, 4.69) is 4.90 Å². The summed E-state index contributed by atoms with van der Waals surface area (Å²) in [4.78, 5) is 2.31. The van der Waals surface area contributed by atoms with Crippen LogP contribution < -0.4 is 5.73 Å². The van der Waals surface area contributed by atoms with Crippen LogP contribution in [0.2, 0.25) is 0 Å². The predicted molar refractivity (Wildman–Crippen MR) is 68.8 cm³/mol. The molecule has 0 aromatic rings. The highest BCUT2D eigenvalue weighted by Gasteiger charge is 2.19. The third-order valence-corrected chi connectivity index (χ3v) is 4.03. The van der Waals surface area contributed by atoms with Gasteiger partial charge in [-0.3, -0.25) is 0 Å². The molecule has 1 aliphatic rings. The number of piperidine rings is 1. The number of rotatable bonds is 7. The Morgan fingerprint density at radius 2 is 2.00 bits per heavy atom. The minimum atomic E-state index is -2.81. The second-order valence-electron chi connectivity index (χ2n) is 4.68. The topological polar surface area (TPSA) is 72.6 Å². The van der Waals surface area contributed by atoms with Crippen molar-refractivity contribution in [1.82, 2.24) is 4.90 Å². The number of hydrogen-bond donors (Lipinski definition) is 1. The molecule has 1 fully saturated rings. The number of likely N-dealkylation sites (tertiary alicyclic amines) is 1. The maximum absolute atomic E-state index is 11.0. The summed E-state index contributed by atoms with van der Waals surface area (Å²) in [6, 6.07) is 0. The molecule has 0 radical (unpaired) electrons. The van der Waals surface area contributed by atoms with Gasteiger partial charge in [0.25, 0.3) is 0 Å². The van der Waals surface area contributed by atoms with Crippen LogP contribution in [0.3, 0.4) is 0 Å². The summed E-state index contributed by atoms with van der Waals surface area (Å²) in [6.07, 6.45) is 4.41. The Bertz CT molecular complexity index is 298. The van der Waals surface area contributed by atoms with Crippen molar-refractivity contribution in [3.63, 3.8) is 0 Å². The lowest BCUT2D eigenvalue weighted by molar-refractivity contribution is 0.0116. The number of hydrogen-bond acceptors (Lipinski definition) is 5. The van der Waals surface area contributed by atoms with E-state index in [1.54, 1.807) is 0 Å². The fourth-order valence-electron chi connectivity index (χ4n) is 2.08. The van der Waals surface area contributed by atoms with Crippen molar-refractivity contribution in [2.75, 3.05) is 44.8 Å². The Kier molecular flexibility index (Phi) is 6.40. The van der Waals surface area contributed by atoms with E-state index in [1.165, 1.54) is 6.26 Å². The van der Waals surface area contributed by atoms with E-state index in [1.807, 2.05) is 0 Å². The Balaban J connectivity index is 2.11. The third-order valence-electron chi connectivity index (χ3n) is 3.00. The van der Waals surface area contributed by atoms with E-state index in [-0.39, 0.29) is 5.75 Å². The zero-order valence-electron chi connectivity index (χ0n) is 10.6. The quantitative estimate of drug-likeness (QED) is 0.693. The van der Waals surface area contributed by atoms with Crippen LogP contribution in [0.25, 0.3) is 0 Å². The number of nitrogens with zero attached hydrogens (tertiary/aromatic N) is 1. The van der Waals surface area contributed by atoms with Gasteiger partial charge in [-0.05, 0) is 25.8 Å². The number of nitrogens with two attached hydrogens (primary N) is 1. The molecule has 0 aromatic heterocycles. The van der Waals surface area contributed by atoms with Crippen molar-refractivity contribution in [3.05, 3.63) is 0 Å². The molecule has 0 bridgehead atoms. The van der Waals surface area contributed by atoms with Crippen molar-refractivity contribution < 1.29 is 13.2 Å². The molecule has 0 spiro atoms. The highest BCUT2D eigenvalue weighted by atomic mass is 32.2. The van der Waals surface area contributed by atoms with Crippen LogP contribution in [0.5, 0.6) is 0 Å².